The molecule has 2 N–H and O–H groups in total. The average Bonchev–Trinajstić information content (AvgIpc) is 3.31. The largest absolute Gasteiger partial charge is 0.472 e. The molecule has 2 fully saturated rings. The summed E-state index contributed by atoms with van der Waals surface area (Å²) in [6.45, 7) is 10.2. The summed E-state index contributed by atoms with van der Waals surface area (Å²) in [7, 11) is 0. The highest BCUT2D eigenvalue weighted by Gasteiger charge is 2.71. The molecule has 7 unspecified atom stereocenters. The highest BCUT2D eigenvalue weighted by molar-refractivity contribution is 6.03. The van der Waals surface area contributed by atoms with Gasteiger partial charge in [0.15, 0.2) is 17.2 Å². The molecule has 0 amide bonds. The molecule has 1 heterocycles. The highest BCUT2D eigenvalue weighted by Crippen LogP contribution is 2.72. The Kier molecular flexibility index (Phi) is 3.96. The van der Waals surface area contributed by atoms with Crippen LogP contribution in [-0.4, -0.2) is 27.9 Å². The Morgan fingerprint density at radius 2 is 1.77 bits per heavy atom. The lowest BCUT2D eigenvalue weighted by atomic mass is 9.38. The summed E-state index contributed by atoms with van der Waals surface area (Å²) >= 11 is 0. The van der Waals surface area contributed by atoms with Crippen LogP contribution >= 0.6 is 0 Å². The van der Waals surface area contributed by atoms with Gasteiger partial charge in [0, 0.05) is 21.8 Å². The lowest BCUT2D eigenvalue weighted by molar-refractivity contribution is -0.178. The van der Waals surface area contributed by atoms with Gasteiger partial charge in [-0.15, -0.1) is 0 Å². The van der Waals surface area contributed by atoms with Gasteiger partial charge in [-0.3, -0.25) is 9.59 Å². The predicted molar refractivity (Wildman–Crippen MR) is 115 cm³/mol. The summed E-state index contributed by atoms with van der Waals surface area (Å²) in [4.78, 5) is 26.0. The first-order valence-electron chi connectivity index (χ1n) is 11.3. The van der Waals surface area contributed by atoms with E-state index in [2.05, 4.69) is 19.9 Å². The minimum atomic E-state index is -1.70. The number of carbonyl (C=O) groups is 2. The number of allylic oxidation sites excluding steroid dienone is 2. The SMILES string of the molecule is CC1(C)C(=O)C=CC2(C)C1CC(O)C1(C)C3=CC(=O)C(O)(c4ccoc4)C3(C)CCC21. The molecule has 0 saturated heterocycles. The number of rotatable bonds is 1. The van der Waals surface area contributed by atoms with Crippen LogP contribution < -0.4 is 0 Å². The fourth-order valence-electron chi connectivity index (χ4n) is 8.06. The van der Waals surface area contributed by atoms with Crippen molar-refractivity contribution in [3.8, 4) is 0 Å². The van der Waals surface area contributed by atoms with Gasteiger partial charge >= 0.3 is 0 Å². The smallest absolute Gasteiger partial charge is 0.192 e. The van der Waals surface area contributed by atoms with Crippen molar-refractivity contribution in [2.45, 2.75) is 65.6 Å². The zero-order valence-corrected chi connectivity index (χ0v) is 18.9. The van der Waals surface area contributed by atoms with E-state index in [1.54, 1.807) is 18.2 Å². The molecule has 7 atom stereocenters. The Morgan fingerprint density at radius 3 is 2.42 bits per heavy atom. The number of aliphatic hydroxyl groups is 2. The molecule has 0 aromatic carbocycles. The van der Waals surface area contributed by atoms with Crippen molar-refractivity contribution < 1.29 is 24.2 Å². The Labute approximate surface area is 183 Å². The molecule has 166 valence electrons. The lowest BCUT2D eigenvalue weighted by Crippen LogP contribution is -2.64. The van der Waals surface area contributed by atoms with Crippen LogP contribution in [0.5, 0.6) is 0 Å². The van der Waals surface area contributed by atoms with Gasteiger partial charge in [0.05, 0.1) is 18.6 Å². The van der Waals surface area contributed by atoms with Crippen LogP contribution in [0.3, 0.4) is 0 Å². The molecule has 0 spiro atoms. The number of hydrogen-bond donors (Lipinski definition) is 2. The Bertz CT molecular complexity index is 1030. The molecular weight excluding hydrogens is 392 g/mol. The molecule has 4 aliphatic carbocycles. The minimum absolute atomic E-state index is 0.0143. The number of ketones is 2. The van der Waals surface area contributed by atoms with E-state index < -0.39 is 27.9 Å². The van der Waals surface area contributed by atoms with E-state index in [-0.39, 0.29) is 28.8 Å². The van der Waals surface area contributed by atoms with Crippen LogP contribution in [0.2, 0.25) is 0 Å². The fraction of sp³-hybridized carbons (Fsp3) is 0.615. The van der Waals surface area contributed by atoms with Crippen molar-refractivity contribution in [2.75, 3.05) is 0 Å². The van der Waals surface area contributed by atoms with Crippen molar-refractivity contribution in [1.29, 1.82) is 0 Å². The van der Waals surface area contributed by atoms with Crippen molar-refractivity contribution >= 4 is 11.6 Å². The number of fused-ring (bicyclic) bond motifs is 5. The number of hydrogen-bond acceptors (Lipinski definition) is 5. The molecule has 1 aromatic rings. The van der Waals surface area contributed by atoms with Crippen LogP contribution in [0, 0.1) is 33.5 Å². The molecule has 31 heavy (non-hydrogen) atoms. The third kappa shape index (κ3) is 2.15. The molecule has 1 aromatic heterocycles. The third-order valence-corrected chi connectivity index (χ3v) is 9.95. The standard InChI is InChI=1S/C26H32O5/c1-22(2)17-12-20(28)25(5)16(23(17,3)9-7-19(22)27)6-10-24(4)18(25)13-21(29)26(24,30)15-8-11-31-14-15/h7-9,11,13-14,16-17,20,28,30H,6,10,12H2,1-5H3. The van der Waals surface area contributed by atoms with E-state index in [9.17, 15) is 19.8 Å². The molecule has 2 saturated carbocycles. The van der Waals surface area contributed by atoms with Crippen molar-refractivity contribution in [1.82, 2.24) is 0 Å². The molecule has 5 rings (SSSR count). The van der Waals surface area contributed by atoms with Crippen LogP contribution in [0.1, 0.15) is 59.4 Å². The maximum Gasteiger partial charge on any atom is 0.192 e. The molecule has 4 aliphatic rings. The predicted octanol–water partition coefficient (Wildman–Crippen LogP) is 3.95. The summed E-state index contributed by atoms with van der Waals surface area (Å²) in [5, 5.41) is 23.4. The summed E-state index contributed by atoms with van der Waals surface area (Å²) in [6.07, 6.45) is 9.43. The molecule has 5 nitrogen and oxygen atoms in total. The summed E-state index contributed by atoms with van der Waals surface area (Å²) in [5.41, 5.74) is -2.74. The number of furan rings is 1. The maximum absolute atomic E-state index is 13.3. The van der Waals surface area contributed by atoms with Crippen LogP contribution in [0.15, 0.2) is 46.8 Å². The average molecular weight is 425 g/mol. The van der Waals surface area contributed by atoms with E-state index in [1.807, 2.05) is 20.8 Å². The number of carbonyl (C=O) groups excluding carboxylic acids is 2. The highest BCUT2D eigenvalue weighted by atomic mass is 16.3. The second-order valence-electron chi connectivity index (χ2n) is 11.4. The summed E-state index contributed by atoms with van der Waals surface area (Å²) in [6, 6.07) is 1.65. The van der Waals surface area contributed by atoms with E-state index in [4.69, 9.17) is 4.42 Å². The van der Waals surface area contributed by atoms with Gasteiger partial charge < -0.3 is 14.6 Å². The zero-order valence-electron chi connectivity index (χ0n) is 18.9. The Balaban J connectivity index is 1.67. The summed E-state index contributed by atoms with van der Waals surface area (Å²) in [5.74, 6) is -0.171. The first kappa shape index (κ1) is 20.9. The van der Waals surface area contributed by atoms with Crippen molar-refractivity contribution in [3.63, 3.8) is 0 Å². The minimum Gasteiger partial charge on any atom is -0.472 e. The first-order valence-corrected chi connectivity index (χ1v) is 11.3. The maximum atomic E-state index is 13.3. The van der Waals surface area contributed by atoms with Crippen LogP contribution in [-0.2, 0) is 15.2 Å². The normalized spacial score (nSPS) is 48.1. The van der Waals surface area contributed by atoms with E-state index in [0.717, 1.165) is 12.0 Å². The second kappa shape index (κ2) is 5.87. The van der Waals surface area contributed by atoms with E-state index >= 15 is 0 Å². The molecule has 0 aliphatic heterocycles. The second-order valence-corrected chi connectivity index (χ2v) is 11.4. The van der Waals surface area contributed by atoms with Gasteiger partial charge in [-0.25, -0.2) is 0 Å². The van der Waals surface area contributed by atoms with Crippen molar-refractivity contribution in [3.05, 3.63) is 48.0 Å². The van der Waals surface area contributed by atoms with Gasteiger partial charge in [0.2, 0.25) is 0 Å². The van der Waals surface area contributed by atoms with Crippen LogP contribution in [0.4, 0.5) is 0 Å². The summed E-state index contributed by atoms with van der Waals surface area (Å²) < 4.78 is 5.21. The fourth-order valence-corrected chi connectivity index (χ4v) is 8.06. The zero-order chi connectivity index (χ0) is 22.6. The molecule has 0 bridgehead atoms. The van der Waals surface area contributed by atoms with Gasteiger partial charge in [-0.05, 0) is 60.3 Å². The van der Waals surface area contributed by atoms with Gasteiger partial charge in [-0.2, -0.15) is 0 Å². The first-order chi connectivity index (χ1) is 14.3. The molecule has 5 heteroatoms. The van der Waals surface area contributed by atoms with E-state index in [0.29, 0.717) is 18.4 Å². The molecular formula is C26H32O5. The van der Waals surface area contributed by atoms with Gasteiger partial charge in [0.1, 0.15) is 0 Å². The van der Waals surface area contributed by atoms with Crippen molar-refractivity contribution in [2.24, 2.45) is 33.5 Å². The topological polar surface area (TPSA) is 87.7 Å². The van der Waals surface area contributed by atoms with E-state index in [1.165, 1.54) is 12.5 Å². The number of aliphatic hydroxyl groups excluding tert-OH is 1. The van der Waals surface area contributed by atoms with Gasteiger partial charge in [0.25, 0.3) is 0 Å². The lowest BCUT2D eigenvalue weighted by Gasteiger charge is -2.66. The quantitative estimate of drug-likeness (QED) is 0.713. The Morgan fingerprint density at radius 1 is 1.06 bits per heavy atom. The van der Waals surface area contributed by atoms with Gasteiger partial charge in [-0.1, -0.05) is 40.7 Å². The molecule has 0 radical (unpaired) electrons. The third-order valence-electron chi connectivity index (χ3n) is 9.95. The van der Waals surface area contributed by atoms with Crippen LogP contribution in [0.25, 0.3) is 0 Å². The Hall–Kier alpha value is -1.98. The monoisotopic (exact) mass is 424 g/mol.